The predicted octanol–water partition coefficient (Wildman–Crippen LogP) is 0.834. The Morgan fingerprint density at radius 1 is 1.80 bits per heavy atom. The van der Waals surface area contributed by atoms with E-state index in [2.05, 4.69) is 4.74 Å². The molecule has 0 spiro atoms. The van der Waals surface area contributed by atoms with E-state index in [9.17, 15) is 4.79 Å². The number of carbonyl (C=O) groups is 1. The van der Waals surface area contributed by atoms with Gasteiger partial charge >= 0.3 is 5.97 Å². The molecule has 0 amide bonds. The molecule has 0 heterocycles. The van der Waals surface area contributed by atoms with Crippen molar-refractivity contribution in [2.45, 2.75) is 26.4 Å². The lowest BCUT2D eigenvalue weighted by Crippen LogP contribution is -1.96. The van der Waals surface area contributed by atoms with Crippen molar-refractivity contribution in [3.05, 3.63) is 12.3 Å². The zero-order valence-electron chi connectivity index (χ0n) is 6.20. The summed E-state index contributed by atoms with van der Waals surface area (Å²) in [5.41, 5.74) is 0. The van der Waals surface area contributed by atoms with E-state index in [0.29, 0.717) is 6.42 Å². The molecule has 0 aliphatic heterocycles. The molecule has 0 saturated carbocycles. The van der Waals surface area contributed by atoms with Gasteiger partial charge in [-0.25, -0.2) is 0 Å². The number of esters is 1. The van der Waals surface area contributed by atoms with Gasteiger partial charge in [0.05, 0.1) is 12.4 Å². The summed E-state index contributed by atoms with van der Waals surface area (Å²) in [7, 11) is 0. The van der Waals surface area contributed by atoms with Crippen molar-refractivity contribution in [3.8, 4) is 0 Å². The normalized spacial score (nSPS) is 13.5. The van der Waals surface area contributed by atoms with Crippen LogP contribution in [0.5, 0.6) is 0 Å². The monoisotopic (exact) mass is 144 g/mol. The number of ether oxygens (including phenoxy) is 1. The number of aliphatic hydroxyl groups is 1. The van der Waals surface area contributed by atoms with Crippen molar-refractivity contribution in [1.29, 1.82) is 0 Å². The fourth-order valence-corrected chi connectivity index (χ4v) is 0.396. The summed E-state index contributed by atoms with van der Waals surface area (Å²) >= 11 is 0. The Morgan fingerprint density at radius 3 is 2.80 bits per heavy atom. The first-order chi connectivity index (χ1) is 4.63. The third-order valence-corrected chi connectivity index (χ3v) is 0.807. The fraction of sp³-hybridized carbons (Fsp3) is 0.571. The molecule has 0 unspecified atom stereocenters. The Balaban J connectivity index is 3.29. The van der Waals surface area contributed by atoms with Crippen molar-refractivity contribution in [1.82, 2.24) is 0 Å². The van der Waals surface area contributed by atoms with E-state index in [-0.39, 0.29) is 12.1 Å². The summed E-state index contributed by atoms with van der Waals surface area (Å²) in [6.45, 7) is 2.99. The smallest absolute Gasteiger partial charge is 0.307 e. The van der Waals surface area contributed by atoms with E-state index < -0.39 is 0 Å². The van der Waals surface area contributed by atoms with Crippen LogP contribution in [0, 0.1) is 0 Å². The topological polar surface area (TPSA) is 46.5 Å². The lowest BCUT2D eigenvalue weighted by atomic mass is 10.3. The molecule has 0 aromatic heterocycles. The van der Waals surface area contributed by atoms with Crippen LogP contribution in [-0.2, 0) is 9.53 Å². The van der Waals surface area contributed by atoms with Gasteiger partial charge in [0.1, 0.15) is 0 Å². The molecule has 0 bridgehead atoms. The van der Waals surface area contributed by atoms with E-state index in [0.717, 1.165) is 0 Å². The van der Waals surface area contributed by atoms with Crippen LogP contribution in [0.4, 0.5) is 0 Å². The van der Waals surface area contributed by atoms with E-state index in [1.807, 2.05) is 0 Å². The third kappa shape index (κ3) is 7.17. The number of aliphatic hydroxyl groups excluding tert-OH is 1. The maximum Gasteiger partial charge on any atom is 0.307 e. The molecule has 10 heavy (non-hydrogen) atoms. The van der Waals surface area contributed by atoms with Crippen molar-refractivity contribution >= 4 is 5.97 Å². The quantitative estimate of drug-likeness (QED) is 0.471. The Hall–Kier alpha value is -0.830. The predicted molar refractivity (Wildman–Crippen MR) is 37.2 cm³/mol. The highest BCUT2D eigenvalue weighted by Crippen LogP contribution is 1.90. The molecule has 0 aliphatic rings. The second kappa shape index (κ2) is 4.99. The van der Waals surface area contributed by atoms with Crippen LogP contribution in [0.3, 0.4) is 0 Å². The first kappa shape index (κ1) is 9.17. The highest BCUT2D eigenvalue weighted by Gasteiger charge is 1.89. The van der Waals surface area contributed by atoms with Gasteiger partial charge < -0.3 is 9.84 Å². The number of hydrogen-bond donors (Lipinski definition) is 1. The molecule has 1 N–H and O–H groups in total. The molecule has 0 aliphatic carbocycles. The van der Waals surface area contributed by atoms with E-state index >= 15 is 0 Å². The van der Waals surface area contributed by atoms with Crippen molar-refractivity contribution in [2.24, 2.45) is 0 Å². The molecule has 3 nitrogen and oxygen atoms in total. The minimum Gasteiger partial charge on any atom is -0.435 e. The lowest BCUT2D eigenvalue weighted by molar-refractivity contribution is -0.135. The Morgan fingerprint density at radius 2 is 2.40 bits per heavy atom. The average Bonchev–Trinajstić information content (AvgIpc) is 1.79. The fourth-order valence-electron chi connectivity index (χ4n) is 0.396. The van der Waals surface area contributed by atoms with Crippen LogP contribution in [0.25, 0.3) is 0 Å². The van der Waals surface area contributed by atoms with Crippen molar-refractivity contribution in [2.75, 3.05) is 0 Å². The molecule has 58 valence electrons. The SMILES string of the molecule is CC(=O)OC=CC[C@@H](C)O. The van der Waals surface area contributed by atoms with Crippen LogP contribution >= 0.6 is 0 Å². The van der Waals surface area contributed by atoms with E-state index in [4.69, 9.17) is 5.11 Å². The molecule has 0 saturated heterocycles. The summed E-state index contributed by atoms with van der Waals surface area (Å²) in [5, 5.41) is 8.73. The molecule has 0 rings (SSSR count). The highest BCUT2D eigenvalue weighted by atomic mass is 16.5. The van der Waals surface area contributed by atoms with E-state index in [1.165, 1.54) is 13.2 Å². The number of rotatable bonds is 3. The van der Waals surface area contributed by atoms with Crippen LogP contribution in [0.1, 0.15) is 20.3 Å². The first-order valence-corrected chi connectivity index (χ1v) is 3.13. The molecule has 0 aromatic carbocycles. The van der Waals surface area contributed by atoms with Gasteiger partial charge in [-0.1, -0.05) is 0 Å². The second-order valence-corrected chi connectivity index (χ2v) is 2.07. The number of hydrogen-bond acceptors (Lipinski definition) is 3. The Kier molecular flexibility index (Phi) is 4.58. The molecular formula is C7H12O3. The Labute approximate surface area is 60.3 Å². The van der Waals surface area contributed by atoms with Gasteiger partial charge in [-0.15, -0.1) is 0 Å². The zero-order chi connectivity index (χ0) is 7.98. The van der Waals surface area contributed by atoms with Gasteiger partial charge in [-0.3, -0.25) is 4.79 Å². The lowest BCUT2D eigenvalue weighted by Gasteiger charge is -1.95. The standard InChI is InChI=1S/C7H12O3/c1-6(8)4-3-5-10-7(2)9/h3,5-6,8H,4H2,1-2H3/t6-/m1/s1. The highest BCUT2D eigenvalue weighted by molar-refractivity contribution is 5.66. The molecule has 0 aromatic rings. The van der Waals surface area contributed by atoms with Crippen LogP contribution < -0.4 is 0 Å². The molecule has 0 fully saturated rings. The summed E-state index contributed by atoms with van der Waals surface area (Å²) in [4.78, 5) is 10.2. The zero-order valence-corrected chi connectivity index (χ0v) is 6.20. The summed E-state index contributed by atoms with van der Waals surface area (Å²) in [5.74, 6) is -0.346. The van der Waals surface area contributed by atoms with Gasteiger partial charge in [0.15, 0.2) is 0 Å². The van der Waals surface area contributed by atoms with E-state index in [1.54, 1.807) is 13.0 Å². The molecule has 1 atom stereocenters. The molecule has 0 radical (unpaired) electrons. The van der Waals surface area contributed by atoms with Crippen molar-refractivity contribution < 1.29 is 14.6 Å². The minimum absolute atomic E-state index is 0.346. The van der Waals surface area contributed by atoms with Gasteiger partial charge in [0, 0.05) is 6.92 Å². The summed E-state index contributed by atoms with van der Waals surface area (Å²) in [6.07, 6.45) is 3.01. The maximum atomic E-state index is 10.2. The van der Waals surface area contributed by atoms with Crippen molar-refractivity contribution in [3.63, 3.8) is 0 Å². The summed E-state index contributed by atoms with van der Waals surface area (Å²) in [6, 6.07) is 0. The molecule has 3 heteroatoms. The largest absolute Gasteiger partial charge is 0.435 e. The first-order valence-electron chi connectivity index (χ1n) is 3.13. The van der Waals surface area contributed by atoms with Crippen LogP contribution in [0.15, 0.2) is 12.3 Å². The second-order valence-electron chi connectivity index (χ2n) is 2.07. The maximum absolute atomic E-state index is 10.2. The number of carbonyl (C=O) groups excluding carboxylic acids is 1. The molecular weight excluding hydrogens is 132 g/mol. The van der Waals surface area contributed by atoms with Gasteiger partial charge in [-0.2, -0.15) is 0 Å². The van der Waals surface area contributed by atoms with Gasteiger partial charge in [0.2, 0.25) is 0 Å². The average molecular weight is 144 g/mol. The third-order valence-electron chi connectivity index (χ3n) is 0.807. The van der Waals surface area contributed by atoms with Gasteiger partial charge in [0.25, 0.3) is 0 Å². The minimum atomic E-state index is -0.383. The van der Waals surface area contributed by atoms with Gasteiger partial charge in [-0.05, 0) is 19.4 Å². The van der Waals surface area contributed by atoms with Crippen LogP contribution in [0.2, 0.25) is 0 Å². The Bertz CT molecular complexity index is 127. The summed E-state index contributed by atoms with van der Waals surface area (Å²) < 4.78 is 4.46. The van der Waals surface area contributed by atoms with Crippen LogP contribution in [-0.4, -0.2) is 17.2 Å².